The van der Waals surface area contributed by atoms with Crippen molar-refractivity contribution in [3.05, 3.63) is 93.5 Å². The zero-order chi connectivity index (χ0) is 27.3. The smallest absolute Gasteiger partial charge is 0.335 e. The second-order valence-electron chi connectivity index (χ2n) is 9.80. The van der Waals surface area contributed by atoms with E-state index < -0.39 is 35.4 Å². The first-order chi connectivity index (χ1) is 17.4. The van der Waals surface area contributed by atoms with Crippen molar-refractivity contribution in [1.82, 2.24) is 5.32 Å². The molecule has 198 valence electrons. The van der Waals surface area contributed by atoms with Crippen LogP contribution in [0.25, 0.3) is 11.1 Å². The average Bonchev–Trinajstić information content (AvgIpc) is 2.84. The summed E-state index contributed by atoms with van der Waals surface area (Å²) in [5.41, 5.74) is 2.87. The van der Waals surface area contributed by atoms with E-state index in [0.29, 0.717) is 5.56 Å². The van der Waals surface area contributed by atoms with Gasteiger partial charge in [0.15, 0.2) is 0 Å². The van der Waals surface area contributed by atoms with Crippen molar-refractivity contribution in [1.29, 1.82) is 0 Å². The summed E-state index contributed by atoms with van der Waals surface area (Å²) in [4.78, 5) is 11.7. The van der Waals surface area contributed by atoms with Gasteiger partial charge in [0.05, 0.1) is 29.4 Å². The number of halogens is 3. The molecule has 0 aromatic heterocycles. The number of carbonyl (C=O) groups is 1. The maximum atomic E-state index is 14.2. The molecule has 0 aliphatic rings. The van der Waals surface area contributed by atoms with E-state index in [0.717, 1.165) is 28.8 Å². The monoisotopic (exact) mass is 531 g/mol. The number of aliphatic hydroxyl groups excluding tert-OH is 1. The highest BCUT2D eigenvalue weighted by molar-refractivity contribution is 6.30. The largest absolute Gasteiger partial charge is 0.478 e. The van der Waals surface area contributed by atoms with Gasteiger partial charge in [-0.05, 0) is 80.1 Å². The maximum absolute atomic E-state index is 14.2. The number of carboxylic acid groups (broad SMARTS) is 1. The number of aromatic carboxylic acids is 1. The first-order valence-corrected chi connectivity index (χ1v) is 12.4. The molecule has 0 heterocycles. The molecule has 3 aromatic carbocycles. The van der Waals surface area contributed by atoms with Crippen molar-refractivity contribution in [3.8, 4) is 11.1 Å². The molecule has 3 N–H and O–H groups in total. The molecule has 8 heteroatoms. The van der Waals surface area contributed by atoms with Crippen molar-refractivity contribution >= 4 is 17.6 Å². The van der Waals surface area contributed by atoms with Crippen LogP contribution in [0.1, 0.15) is 53.9 Å². The second kappa shape index (κ2) is 12.1. The Hall–Kier alpha value is -2.84. The summed E-state index contributed by atoms with van der Waals surface area (Å²) in [6.07, 6.45) is -1.21. The lowest BCUT2D eigenvalue weighted by Gasteiger charge is -2.29. The highest BCUT2D eigenvalue weighted by Crippen LogP contribution is 2.34. The fourth-order valence-corrected chi connectivity index (χ4v) is 4.53. The zero-order valence-electron chi connectivity index (χ0n) is 21.3. The molecule has 0 saturated carbocycles. The SMILES string of the molecule is Cc1c(C(=O)O)ccc(-c2ccccc2)c1C(C)OC[C@H](O)CNC(C)(C)Cc1cc(F)c(Cl)cc1F. The number of carboxylic acids is 1. The lowest BCUT2D eigenvalue weighted by Crippen LogP contribution is -2.46. The summed E-state index contributed by atoms with van der Waals surface area (Å²) in [5.74, 6) is -2.30. The van der Waals surface area contributed by atoms with Crippen molar-refractivity contribution in [3.63, 3.8) is 0 Å². The topological polar surface area (TPSA) is 78.8 Å². The third-order valence-electron chi connectivity index (χ3n) is 6.31. The van der Waals surface area contributed by atoms with Gasteiger partial charge in [-0.1, -0.05) is 48.0 Å². The highest BCUT2D eigenvalue weighted by atomic mass is 35.5. The Balaban J connectivity index is 1.67. The van der Waals surface area contributed by atoms with E-state index in [4.69, 9.17) is 16.3 Å². The first kappa shape index (κ1) is 28.7. The maximum Gasteiger partial charge on any atom is 0.335 e. The number of benzene rings is 3. The summed E-state index contributed by atoms with van der Waals surface area (Å²) in [6, 6.07) is 15.0. The minimum absolute atomic E-state index is 0.0147. The highest BCUT2D eigenvalue weighted by Gasteiger charge is 2.24. The number of hydrogen-bond acceptors (Lipinski definition) is 4. The van der Waals surface area contributed by atoms with Gasteiger partial charge in [-0.3, -0.25) is 0 Å². The molecule has 3 aromatic rings. The number of rotatable bonds is 11. The van der Waals surface area contributed by atoms with Crippen LogP contribution in [-0.2, 0) is 11.2 Å². The van der Waals surface area contributed by atoms with E-state index in [1.807, 2.05) is 51.1 Å². The molecule has 5 nitrogen and oxygen atoms in total. The summed E-state index contributed by atoms with van der Waals surface area (Å²) in [5, 5.41) is 23.1. The van der Waals surface area contributed by atoms with E-state index in [-0.39, 0.29) is 35.7 Å². The number of aliphatic hydroxyl groups is 1. The van der Waals surface area contributed by atoms with Gasteiger partial charge >= 0.3 is 5.97 Å². The van der Waals surface area contributed by atoms with Gasteiger partial charge in [-0.15, -0.1) is 0 Å². The Morgan fingerprint density at radius 1 is 1.11 bits per heavy atom. The number of hydrogen-bond donors (Lipinski definition) is 3. The molecule has 3 rings (SSSR count). The van der Waals surface area contributed by atoms with E-state index in [1.54, 1.807) is 19.1 Å². The molecule has 0 bridgehead atoms. The van der Waals surface area contributed by atoms with Crippen LogP contribution in [0.15, 0.2) is 54.6 Å². The average molecular weight is 532 g/mol. The van der Waals surface area contributed by atoms with Crippen molar-refractivity contribution in [2.24, 2.45) is 0 Å². The Labute approximate surface area is 221 Å². The van der Waals surface area contributed by atoms with Crippen LogP contribution < -0.4 is 5.32 Å². The van der Waals surface area contributed by atoms with Crippen molar-refractivity contribution in [2.75, 3.05) is 13.2 Å². The minimum Gasteiger partial charge on any atom is -0.478 e. The van der Waals surface area contributed by atoms with Crippen LogP contribution >= 0.6 is 11.6 Å². The quantitative estimate of drug-likeness (QED) is 0.252. The fourth-order valence-electron chi connectivity index (χ4n) is 4.38. The second-order valence-corrected chi connectivity index (χ2v) is 10.2. The summed E-state index contributed by atoms with van der Waals surface area (Å²) in [6.45, 7) is 7.35. The van der Waals surface area contributed by atoms with Gasteiger partial charge in [0, 0.05) is 12.1 Å². The normalized spacial score (nSPS) is 13.4. The van der Waals surface area contributed by atoms with Gasteiger partial charge in [0.2, 0.25) is 0 Å². The Kier molecular flexibility index (Phi) is 9.42. The third-order valence-corrected chi connectivity index (χ3v) is 6.60. The van der Waals surface area contributed by atoms with Crippen LogP contribution in [0.3, 0.4) is 0 Å². The molecule has 0 amide bonds. The number of ether oxygens (including phenoxy) is 1. The fraction of sp³-hybridized carbons (Fsp3) is 0.345. The van der Waals surface area contributed by atoms with Crippen LogP contribution in [0, 0.1) is 18.6 Å². The van der Waals surface area contributed by atoms with Crippen molar-refractivity contribution < 1.29 is 28.5 Å². The predicted octanol–water partition coefficient (Wildman–Crippen LogP) is 6.34. The number of β-amino-alcohol motifs (C(OH)–C–C–N with tert-alkyl or cyclic N) is 1. The van der Waals surface area contributed by atoms with Gasteiger partial charge < -0.3 is 20.3 Å². The van der Waals surface area contributed by atoms with E-state index in [2.05, 4.69) is 5.32 Å². The van der Waals surface area contributed by atoms with E-state index >= 15 is 0 Å². The summed E-state index contributed by atoms with van der Waals surface area (Å²) < 4.78 is 34.0. The molecular formula is C29H32ClF2NO4. The Morgan fingerprint density at radius 2 is 1.78 bits per heavy atom. The molecule has 0 aliphatic carbocycles. The third kappa shape index (κ3) is 7.36. The molecule has 0 fully saturated rings. The van der Waals surface area contributed by atoms with Crippen LogP contribution in [0.2, 0.25) is 5.02 Å². The lowest BCUT2D eigenvalue weighted by atomic mass is 9.90. The molecular weight excluding hydrogens is 500 g/mol. The molecule has 0 radical (unpaired) electrons. The first-order valence-electron chi connectivity index (χ1n) is 12.0. The van der Waals surface area contributed by atoms with E-state index in [1.165, 1.54) is 0 Å². The van der Waals surface area contributed by atoms with Crippen LogP contribution in [0.5, 0.6) is 0 Å². The van der Waals surface area contributed by atoms with Crippen LogP contribution in [0.4, 0.5) is 8.78 Å². The van der Waals surface area contributed by atoms with Crippen LogP contribution in [-0.4, -0.2) is 41.0 Å². The molecule has 1 unspecified atom stereocenters. The molecule has 37 heavy (non-hydrogen) atoms. The van der Waals surface area contributed by atoms with Gasteiger partial charge in [0.1, 0.15) is 11.6 Å². The van der Waals surface area contributed by atoms with E-state index in [9.17, 15) is 23.8 Å². The minimum atomic E-state index is -1.02. The van der Waals surface area contributed by atoms with Gasteiger partial charge in [0.25, 0.3) is 0 Å². The Morgan fingerprint density at radius 3 is 2.43 bits per heavy atom. The number of nitrogens with one attached hydrogen (secondary N) is 1. The predicted molar refractivity (Wildman–Crippen MR) is 141 cm³/mol. The molecule has 0 saturated heterocycles. The molecule has 0 aliphatic heterocycles. The van der Waals surface area contributed by atoms with Gasteiger partial charge in [-0.2, -0.15) is 0 Å². The molecule has 2 atom stereocenters. The summed E-state index contributed by atoms with van der Waals surface area (Å²) in [7, 11) is 0. The Bertz CT molecular complexity index is 1250. The molecule has 0 spiro atoms. The summed E-state index contributed by atoms with van der Waals surface area (Å²) >= 11 is 5.64. The lowest BCUT2D eigenvalue weighted by molar-refractivity contribution is -0.00424. The standard InChI is InChI=1S/C29H32ClF2NO4/c1-17-22(28(35)36)10-11-23(19-8-6-5-7-9-19)27(17)18(2)37-16-21(34)15-33-29(3,4)14-20-12-26(32)24(30)13-25(20)31/h5-13,18,21,33-34H,14-16H2,1-4H3,(H,35,36)/t18?,21-/m1/s1. The zero-order valence-corrected chi connectivity index (χ0v) is 22.1. The van der Waals surface area contributed by atoms with Gasteiger partial charge in [-0.25, -0.2) is 13.6 Å². The van der Waals surface area contributed by atoms with Crippen molar-refractivity contribution in [2.45, 2.75) is 51.9 Å².